The second kappa shape index (κ2) is 4.99. The molecule has 1 fully saturated rings. The van der Waals surface area contributed by atoms with E-state index in [1.54, 1.807) is 0 Å². The van der Waals surface area contributed by atoms with E-state index in [4.69, 9.17) is 5.73 Å². The lowest BCUT2D eigenvalue weighted by Crippen LogP contribution is -2.39. The lowest BCUT2D eigenvalue weighted by Gasteiger charge is -2.37. The van der Waals surface area contributed by atoms with Gasteiger partial charge in [0.15, 0.2) is 0 Å². The van der Waals surface area contributed by atoms with Gasteiger partial charge in [0.1, 0.15) is 0 Å². The molecule has 0 spiro atoms. The predicted molar refractivity (Wildman–Crippen MR) is 75.4 cm³/mol. The van der Waals surface area contributed by atoms with Gasteiger partial charge in [0, 0.05) is 24.5 Å². The highest BCUT2D eigenvalue weighted by molar-refractivity contribution is 5.59. The number of nitrogens with two attached hydrogens (primary N) is 1. The van der Waals surface area contributed by atoms with Crippen LogP contribution in [0.15, 0.2) is 18.2 Å². The van der Waals surface area contributed by atoms with Crippen LogP contribution in [0.4, 0.5) is 11.4 Å². The Morgan fingerprint density at radius 1 is 1.24 bits per heavy atom. The minimum Gasteiger partial charge on any atom is -0.398 e. The van der Waals surface area contributed by atoms with Crippen LogP contribution in [0.5, 0.6) is 0 Å². The molecule has 2 unspecified atom stereocenters. The SMILES string of the molecule is Cc1ccc(N(C)C2CCCCC2C)cc1N. The van der Waals surface area contributed by atoms with Crippen molar-refractivity contribution in [1.29, 1.82) is 0 Å². The van der Waals surface area contributed by atoms with Crippen molar-refractivity contribution in [2.75, 3.05) is 17.7 Å². The summed E-state index contributed by atoms with van der Waals surface area (Å²) in [5, 5.41) is 0. The third-order valence-corrected chi connectivity index (χ3v) is 4.23. The largest absolute Gasteiger partial charge is 0.398 e. The van der Waals surface area contributed by atoms with Gasteiger partial charge in [0.2, 0.25) is 0 Å². The molecular weight excluding hydrogens is 208 g/mol. The molecule has 2 N–H and O–H groups in total. The summed E-state index contributed by atoms with van der Waals surface area (Å²) in [6.07, 6.45) is 5.42. The Bertz CT molecular complexity index is 387. The fourth-order valence-corrected chi connectivity index (χ4v) is 2.91. The van der Waals surface area contributed by atoms with Gasteiger partial charge in [0.25, 0.3) is 0 Å². The van der Waals surface area contributed by atoms with Gasteiger partial charge in [-0.3, -0.25) is 0 Å². The number of nitrogen functional groups attached to an aromatic ring is 1. The van der Waals surface area contributed by atoms with Crippen LogP contribution < -0.4 is 10.6 Å². The highest BCUT2D eigenvalue weighted by Crippen LogP contribution is 2.31. The van der Waals surface area contributed by atoms with Gasteiger partial charge >= 0.3 is 0 Å². The van der Waals surface area contributed by atoms with E-state index in [1.165, 1.54) is 36.9 Å². The lowest BCUT2D eigenvalue weighted by atomic mass is 9.85. The third kappa shape index (κ3) is 2.56. The van der Waals surface area contributed by atoms with E-state index in [-0.39, 0.29) is 0 Å². The minimum absolute atomic E-state index is 0.672. The molecule has 0 amide bonds. The molecule has 94 valence electrons. The van der Waals surface area contributed by atoms with Gasteiger partial charge in [-0.15, -0.1) is 0 Å². The van der Waals surface area contributed by atoms with Crippen LogP contribution >= 0.6 is 0 Å². The number of rotatable bonds is 2. The van der Waals surface area contributed by atoms with Gasteiger partial charge in [0.05, 0.1) is 0 Å². The predicted octanol–water partition coefficient (Wildman–Crippen LogP) is 3.59. The van der Waals surface area contributed by atoms with Crippen molar-refractivity contribution in [3.63, 3.8) is 0 Å². The Balaban J connectivity index is 2.17. The highest BCUT2D eigenvalue weighted by Gasteiger charge is 2.25. The standard InChI is InChI=1S/C15H24N2/c1-11-8-9-13(10-14(11)16)17(3)15-7-5-4-6-12(15)2/h8-10,12,15H,4-7,16H2,1-3H3. The van der Waals surface area contributed by atoms with E-state index >= 15 is 0 Å². The Labute approximate surface area is 105 Å². The average molecular weight is 232 g/mol. The van der Waals surface area contributed by atoms with Crippen molar-refractivity contribution in [2.24, 2.45) is 5.92 Å². The van der Waals surface area contributed by atoms with Crippen LogP contribution in [0.1, 0.15) is 38.2 Å². The fourth-order valence-electron chi connectivity index (χ4n) is 2.91. The minimum atomic E-state index is 0.672. The van der Waals surface area contributed by atoms with Crippen LogP contribution in [0.3, 0.4) is 0 Å². The molecule has 1 aromatic carbocycles. The summed E-state index contributed by atoms with van der Waals surface area (Å²) >= 11 is 0. The zero-order chi connectivity index (χ0) is 12.4. The number of hydrogen-bond donors (Lipinski definition) is 1. The number of nitrogens with zero attached hydrogens (tertiary/aromatic N) is 1. The van der Waals surface area contributed by atoms with Gasteiger partial charge in [-0.25, -0.2) is 0 Å². The summed E-state index contributed by atoms with van der Waals surface area (Å²) < 4.78 is 0. The quantitative estimate of drug-likeness (QED) is 0.790. The first kappa shape index (κ1) is 12.3. The average Bonchev–Trinajstić information content (AvgIpc) is 2.32. The maximum Gasteiger partial charge on any atom is 0.0387 e. The summed E-state index contributed by atoms with van der Waals surface area (Å²) in [6, 6.07) is 7.09. The fraction of sp³-hybridized carbons (Fsp3) is 0.600. The number of aryl methyl sites for hydroxylation is 1. The lowest BCUT2D eigenvalue weighted by molar-refractivity contribution is 0.321. The van der Waals surface area contributed by atoms with Crippen LogP contribution in [0.2, 0.25) is 0 Å². The Morgan fingerprint density at radius 2 is 1.94 bits per heavy atom. The van der Waals surface area contributed by atoms with Crippen LogP contribution in [-0.2, 0) is 0 Å². The maximum atomic E-state index is 6.00. The van der Waals surface area contributed by atoms with Crippen molar-refractivity contribution in [1.82, 2.24) is 0 Å². The molecule has 2 atom stereocenters. The van der Waals surface area contributed by atoms with Crippen LogP contribution in [-0.4, -0.2) is 13.1 Å². The molecule has 17 heavy (non-hydrogen) atoms. The van der Waals surface area contributed by atoms with Gasteiger partial charge < -0.3 is 10.6 Å². The topological polar surface area (TPSA) is 29.3 Å². The van der Waals surface area contributed by atoms with E-state index in [9.17, 15) is 0 Å². The van der Waals surface area contributed by atoms with Crippen molar-refractivity contribution in [3.05, 3.63) is 23.8 Å². The Morgan fingerprint density at radius 3 is 2.59 bits per heavy atom. The molecule has 0 heterocycles. The molecule has 0 aromatic heterocycles. The number of benzene rings is 1. The van der Waals surface area contributed by atoms with Crippen molar-refractivity contribution in [3.8, 4) is 0 Å². The van der Waals surface area contributed by atoms with Gasteiger partial charge in [-0.2, -0.15) is 0 Å². The summed E-state index contributed by atoms with van der Waals surface area (Å²) in [5.74, 6) is 0.788. The molecule has 1 aromatic rings. The van der Waals surface area contributed by atoms with E-state index in [0.29, 0.717) is 6.04 Å². The first-order valence-electron chi connectivity index (χ1n) is 6.68. The second-order valence-corrected chi connectivity index (χ2v) is 5.48. The molecule has 2 rings (SSSR count). The van der Waals surface area contributed by atoms with E-state index in [1.807, 2.05) is 0 Å². The molecule has 2 heteroatoms. The van der Waals surface area contributed by atoms with Crippen molar-refractivity contribution < 1.29 is 0 Å². The van der Waals surface area contributed by atoms with Crippen LogP contribution in [0, 0.1) is 12.8 Å². The zero-order valence-electron chi connectivity index (χ0n) is 11.2. The first-order chi connectivity index (χ1) is 8.09. The summed E-state index contributed by atoms with van der Waals surface area (Å²) in [7, 11) is 2.20. The monoisotopic (exact) mass is 232 g/mol. The Kier molecular flexibility index (Phi) is 3.60. The molecular formula is C15H24N2. The number of anilines is 2. The maximum absolute atomic E-state index is 6.00. The molecule has 0 bridgehead atoms. The summed E-state index contributed by atoms with van der Waals surface area (Å²) in [5.41, 5.74) is 9.32. The van der Waals surface area contributed by atoms with E-state index in [0.717, 1.165) is 11.6 Å². The molecule has 1 aliphatic rings. The van der Waals surface area contributed by atoms with Crippen molar-refractivity contribution in [2.45, 2.75) is 45.6 Å². The summed E-state index contributed by atoms with van der Waals surface area (Å²) in [4.78, 5) is 2.42. The zero-order valence-corrected chi connectivity index (χ0v) is 11.2. The smallest absolute Gasteiger partial charge is 0.0387 e. The summed E-state index contributed by atoms with van der Waals surface area (Å²) in [6.45, 7) is 4.43. The van der Waals surface area contributed by atoms with Crippen LogP contribution in [0.25, 0.3) is 0 Å². The second-order valence-electron chi connectivity index (χ2n) is 5.48. The van der Waals surface area contributed by atoms with Gasteiger partial charge in [-0.1, -0.05) is 25.8 Å². The number of hydrogen-bond acceptors (Lipinski definition) is 2. The normalized spacial score (nSPS) is 24.6. The van der Waals surface area contributed by atoms with E-state index in [2.05, 4.69) is 44.0 Å². The van der Waals surface area contributed by atoms with Crippen molar-refractivity contribution >= 4 is 11.4 Å². The van der Waals surface area contributed by atoms with E-state index < -0.39 is 0 Å². The van der Waals surface area contributed by atoms with Gasteiger partial charge in [-0.05, 0) is 43.4 Å². The molecule has 1 saturated carbocycles. The molecule has 2 nitrogen and oxygen atoms in total. The first-order valence-corrected chi connectivity index (χ1v) is 6.68. The molecule has 1 aliphatic carbocycles. The third-order valence-electron chi connectivity index (χ3n) is 4.23. The molecule has 0 saturated heterocycles. The molecule has 0 radical (unpaired) electrons. The highest BCUT2D eigenvalue weighted by atomic mass is 15.1. The molecule has 0 aliphatic heterocycles. The Hall–Kier alpha value is -1.18.